The van der Waals surface area contributed by atoms with Crippen molar-refractivity contribution in [3.8, 4) is 17.1 Å². The lowest BCUT2D eigenvalue weighted by atomic mass is 10.0. The molecule has 2 aromatic rings. The van der Waals surface area contributed by atoms with E-state index in [0.29, 0.717) is 68.9 Å². The maximum Gasteiger partial charge on any atom is 0.284 e. The Morgan fingerprint density at radius 3 is 2.36 bits per heavy atom. The number of H-pyrrole nitrogens is 1. The van der Waals surface area contributed by atoms with E-state index in [1.54, 1.807) is 16.8 Å². The number of benzene rings is 2. The van der Waals surface area contributed by atoms with Gasteiger partial charge in [-0.2, -0.15) is 4.98 Å². The zero-order valence-electron chi connectivity index (χ0n) is 19.5. The van der Waals surface area contributed by atoms with E-state index in [1.807, 2.05) is 38.1 Å². The fraction of sp³-hybridized carbons (Fsp3) is 0.280. The third-order valence-electron chi connectivity index (χ3n) is 6.14. The smallest absolute Gasteiger partial charge is 0.284 e. The summed E-state index contributed by atoms with van der Waals surface area (Å²) < 4.78 is 1.62. The number of hydrogen-bond donors (Lipinski definition) is 3. The van der Waals surface area contributed by atoms with Crippen LogP contribution in [-0.4, -0.2) is 38.7 Å². The second-order valence-electron chi connectivity index (χ2n) is 9.10. The van der Waals surface area contributed by atoms with Gasteiger partial charge in [-0.3, -0.25) is 14.7 Å². The Morgan fingerprint density at radius 1 is 1.11 bits per heavy atom. The van der Waals surface area contributed by atoms with Crippen LogP contribution in [0.3, 0.4) is 0 Å². The first-order valence-electron chi connectivity index (χ1n) is 11.5. The molecule has 0 saturated carbocycles. The van der Waals surface area contributed by atoms with E-state index in [4.69, 9.17) is 39.8 Å². The molecule has 1 fully saturated rings. The van der Waals surface area contributed by atoms with Gasteiger partial charge >= 0.3 is 0 Å². The molecule has 0 unspecified atom stereocenters. The van der Waals surface area contributed by atoms with Crippen LogP contribution in [0.15, 0.2) is 41.2 Å². The van der Waals surface area contributed by atoms with Gasteiger partial charge < -0.3 is 10.6 Å². The molecular weight excluding hydrogens is 523 g/mol. The van der Waals surface area contributed by atoms with Gasteiger partial charge in [0.15, 0.2) is 5.82 Å². The Labute approximate surface area is 222 Å². The number of carbonyl (C=O) groups excluding carboxylic acids is 1. The molecule has 3 heterocycles. The Morgan fingerprint density at radius 2 is 1.78 bits per heavy atom. The lowest BCUT2D eigenvalue weighted by Gasteiger charge is -2.25. The molecule has 0 aliphatic carbocycles. The number of anilines is 1. The van der Waals surface area contributed by atoms with Crippen LogP contribution in [0.1, 0.15) is 36.8 Å². The minimum atomic E-state index is -0.382. The molecule has 186 valence electrons. The summed E-state index contributed by atoms with van der Waals surface area (Å²) in [5.41, 5.74) is 2.75. The van der Waals surface area contributed by atoms with E-state index < -0.39 is 0 Å². The highest BCUT2D eigenvalue weighted by atomic mass is 35.5. The van der Waals surface area contributed by atoms with Gasteiger partial charge in [0.2, 0.25) is 5.91 Å². The van der Waals surface area contributed by atoms with E-state index in [0.717, 1.165) is 5.56 Å². The van der Waals surface area contributed by atoms with Crippen LogP contribution >= 0.6 is 34.8 Å². The number of halogens is 3. The molecule has 1 amide bonds. The molecule has 0 spiro atoms. The van der Waals surface area contributed by atoms with Crippen molar-refractivity contribution in [2.75, 3.05) is 18.4 Å². The summed E-state index contributed by atoms with van der Waals surface area (Å²) in [6.45, 7) is 5.34. The summed E-state index contributed by atoms with van der Waals surface area (Å²) in [6, 6.07) is 10.6. The van der Waals surface area contributed by atoms with Gasteiger partial charge in [0.25, 0.3) is 5.56 Å². The molecule has 0 radical (unpaired) electrons. The van der Waals surface area contributed by atoms with Crippen molar-refractivity contribution < 1.29 is 4.79 Å². The molecule has 3 aliphatic heterocycles. The minimum Gasteiger partial charge on any atom is -0.326 e. The van der Waals surface area contributed by atoms with Crippen LogP contribution in [0.2, 0.25) is 15.1 Å². The first kappa shape index (κ1) is 24.8. The van der Waals surface area contributed by atoms with E-state index in [9.17, 15) is 9.59 Å². The fourth-order valence-electron chi connectivity index (χ4n) is 4.11. The van der Waals surface area contributed by atoms with Gasteiger partial charge in [-0.15, -0.1) is 0 Å². The molecule has 0 bridgehead atoms. The minimum absolute atomic E-state index is 0.000719. The number of aromatic amines is 1. The molecule has 0 atom stereocenters. The number of carbonyl (C=O) groups is 1. The van der Waals surface area contributed by atoms with Crippen molar-refractivity contribution in [2.24, 2.45) is 5.92 Å². The average molecular weight is 546 g/mol. The summed E-state index contributed by atoms with van der Waals surface area (Å²) in [6.07, 6.45) is 0.330. The molecular formula is C25H23Cl3N6O2. The van der Waals surface area contributed by atoms with E-state index in [-0.39, 0.29) is 23.3 Å². The monoisotopic (exact) mass is 544 g/mol. The fourth-order valence-corrected chi connectivity index (χ4v) is 5.10. The lowest BCUT2D eigenvalue weighted by Crippen LogP contribution is -2.48. The molecule has 3 aliphatic rings. The number of nitrogens with zero attached hydrogens (tertiary/aromatic N) is 3. The van der Waals surface area contributed by atoms with Crippen LogP contribution in [-0.2, 0) is 11.2 Å². The summed E-state index contributed by atoms with van der Waals surface area (Å²) in [5, 5.41) is 10.3. The van der Waals surface area contributed by atoms with Gasteiger partial charge in [-0.25, -0.2) is 9.67 Å². The van der Waals surface area contributed by atoms with Gasteiger partial charge in [0.1, 0.15) is 17.1 Å². The largest absolute Gasteiger partial charge is 0.326 e. The number of fused-ring (bicyclic) bond motifs is 1. The maximum atomic E-state index is 13.1. The molecule has 0 aromatic heterocycles. The Balaban J connectivity index is 1.50. The number of rotatable bonds is 6. The number of nitrogens with one attached hydrogen (secondary N) is 3. The van der Waals surface area contributed by atoms with Crippen molar-refractivity contribution >= 4 is 46.4 Å². The molecule has 36 heavy (non-hydrogen) atoms. The highest BCUT2D eigenvalue weighted by Crippen LogP contribution is 2.36. The second kappa shape index (κ2) is 9.86. The van der Waals surface area contributed by atoms with E-state index in [2.05, 4.69) is 20.7 Å². The summed E-state index contributed by atoms with van der Waals surface area (Å²) in [4.78, 5) is 34.3. The molecule has 2 aromatic carbocycles. The number of aromatic nitrogens is 4. The van der Waals surface area contributed by atoms with Gasteiger partial charge in [0.05, 0.1) is 21.7 Å². The van der Waals surface area contributed by atoms with Crippen LogP contribution in [0, 0.1) is 5.92 Å². The molecule has 3 N–H and O–H groups in total. The molecule has 8 nitrogen and oxygen atoms in total. The highest BCUT2D eigenvalue weighted by molar-refractivity contribution is 6.40. The van der Waals surface area contributed by atoms with Crippen LogP contribution in [0.25, 0.3) is 17.1 Å². The van der Waals surface area contributed by atoms with Gasteiger partial charge in [-0.1, -0.05) is 60.8 Å². The summed E-state index contributed by atoms with van der Waals surface area (Å²) in [5.74, 6) is 0.751. The average Bonchev–Trinajstić information content (AvgIpc) is 3.13. The number of hydrogen-bond acceptors (Lipinski definition) is 5. The molecule has 5 rings (SSSR count). The summed E-state index contributed by atoms with van der Waals surface area (Å²) >= 11 is 19.1. The van der Waals surface area contributed by atoms with Crippen molar-refractivity contribution in [1.29, 1.82) is 0 Å². The third kappa shape index (κ3) is 4.74. The standard InChI is InChI=1S/C25H23Cl3N6O2/c1-12(2)21-20-23(34(33-21)22-17(27)8-15(26)9-18(22)28)31-19(32-25(20)36)7-13-3-5-16(6-4-13)30-24(35)14-10-29-11-14/h3-6,8-9,12,14,29,33H,7,10-11H2,1-2H3,(H,30,35). The highest BCUT2D eigenvalue weighted by Gasteiger charge is 2.27. The first-order chi connectivity index (χ1) is 17.2. The predicted molar refractivity (Wildman–Crippen MR) is 142 cm³/mol. The van der Waals surface area contributed by atoms with E-state index >= 15 is 0 Å². The van der Waals surface area contributed by atoms with E-state index in [1.165, 1.54) is 0 Å². The molecule has 11 heteroatoms. The first-order valence-corrected chi connectivity index (χ1v) is 12.6. The topological polar surface area (TPSA) is 105 Å². The Hall–Kier alpha value is -2.91. The number of amides is 1. The van der Waals surface area contributed by atoms with Crippen LogP contribution in [0.4, 0.5) is 5.69 Å². The summed E-state index contributed by atoms with van der Waals surface area (Å²) in [7, 11) is 0. The van der Waals surface area contributed by atoms with Crippen LogP contribution < -0.4 is 16.2 Å². The SMILES string of the molecule is CC(C)c1[nH]n(-c2c(Cl)cc(Cl)cc2Cl)c2nc(Cc3ccc(NC(=O)C4CNC4)cc3)nc(=O)c1-2. The lowest BCUT2D eigenvalue weighted by molar-refractivity contribution is -0.121. The van der Waals surface area contributed by atoms with Crippen molar-refractivity contribution in [3.05, 3.63) is 78.9 Å². The van der Waals surface area contributed by atoms with Crippen molar-refractivity contribution in [2.45, 2.75) is 26.2 Å². The quantitative estimate of drug-likeness (QED) is 0.320. The predicted octanol–water partition coefficient (Wildman–Crippen LogP) is 4.89. The third-order valence-corrected chi connectivity index (χ3v) is 6.93. The molecule has 1 saturated heterocycles. The van der Waals surface area contributed by atoms with Crippen molar-refractivity contribution in [1.82, 2.24) is 25.1 Å². The normalized spacial score (nSPS) is 13.8. The van der Waals surface area contributed by atoms with Crippen LogP contribution in [0.5, 0.6) is 0 Å². The zero-order chi connectivity index (χ0) is 25.6. The Bertz CT molecular complexity index is 1450. The van der Waals surface area contributed by atoms with Crippen molar-refractivity contribution in [3.63, 3.8) is 0 Å². The zero-order valence-corrected chi connectivity index (χ0v) is 21.8. The van der Waals surface area contributed by atoms with Gasteiger partial charge in [-0.05, 0) is 35.7 Å². The maximum absolute atomic E-state index is 13.1. The second-order valence-corrected chi connectivity index (χ2v) is 10.3. The Kier molecular flexibility index (Phi) is 6.78. The van der Waals surface area contributed by atoms with Gasteiger partial charge in [0, 0.05) is 30.2 Å².